The molecule has 21 heavy (non-hydrogen) atoms. The maximum atomic E-state index is 12.0. The summed E-state index contributed by atoms with van der Waals surface area (Å²) in [5, 5.41) is 14.6. The van der Waals surface area contributed by atoms with Crippen molar-refractivity contribution in [3.63, 3.8) is 0 Å². The Kier molecular flexibility index (Phi) is 5.19. The van der Waals surface area contributed by atoms with Gasteiger partial charge in [-0.05, 0) is 67.1 Å². The molecule has 2 amide bonds. The largest absolute Gasteiger partial charge is 0.478 e. The van der Waals surface area contributed by atoms with E-state index >= 15 is 0 Å². The first-order valence-electron chi connectivity index (χ1n) is 6.74. The molecule has 7 heteroatoms. The molecular formula is C14H18BrN3O3. The highest BCUT2D eigenvalue weighted by atomic mass is 79.9. The summed E-state index contributed by atoms with van der Waals surface area (Å²) in [6, 6.07) is 4.36. The Balaban J connectivity index is 1.96. The second kappa shape index (κ2) is 6.91. The van der Waals surface area contributed by atoms with Crippen molar-refractivity contribution in [3.8, 4) is 0 Å². The summed E-state index contributed by atoms with van der Waals surface area (Å²) in [5.74, 6) is -1.03. The predicted molar refractivity (Wildman–Crippen MR) is 83.8 cm³/mol. The Morgan fingerprint density at radius 3 is 2.62 bits per heavy atom. The molecule has 0 aliphatic carbocycles. The van der Waals surface area contributed by atoms with Crippen LogP contribution in [0.1, 0.15) is 23.2 Å². The number of halogens is 1. The number of aromatic carboxylic acids is 1. The third-order valence-electron chi connectivity index (χ3n) is 3.52. The van der Waals surface area contributed by atoms with E-state index < -0.39 is 5.97 Å². The van der Waals surface area contributed by atoms with E-state index in [1.54, 1.807) is 6.07 Å². The molecular weight excluding hydrogens is 338 g/mol. The molecule has 0 atom stereocenters. The third kappa shape index (κ3) is 4.44. The molecule has 1 aliphatic rings. The standard InChI is InChI=1S/C14H18BrN3O3/c1-18-6-4-10(5-7-18)16-14(21)17-12-8-9(13(19)20)2-3-11(12)15/h2-3,8,10H,4-7H2,1H3,(H,19,20)(H2,16,17,21). The van der Waals surface area contributed by atoms with Gasteiger partial charge in [-0.2, -0.15) is 0 Å². The average Bonchev–Trinajstić information content (AvgIpc) is 2.43. The number of hydrogen-bond donors (Lipinski definition) is 3. The molecule has 1 fully saturated rings. The molecule has 0 unspecified atom stereocenters. The first kappa shape index (κ1) is 15.8. The fraction of sp³-hybridized carbons (Fsp3) is 0.429. The van der Waals surface area contributed by atoms with Crippen LogP contribution < -0.4 is 10.6 Å². The zero-order chi connectivity index (χ0) is 15.4. The molecule has 1 aromatic rings. The maximum Gasteiger partial charge on any atom is 0.335 e. The van der Waals surface area contributed by atoms with Crippen LogP contribution in [0.4, 0.5) is 10.5 Å². The van der Waals surface area contributed by atoms with Gasteiger partial charge in [0.1, 0.15) is 0 Å². The lowest BCUT2D eigenvalue weighted by Crippen LogP contribution is -2.44. The fourth-order valence-corrected chi connectivity index (χ4v) is 2.60. The average molecular weight is 356 g/mol. The van der Waals surface area contributed by atoms with E-state index in [0.717, 1.165) is 25.9 Å². The van der Waals surface area contributed by atoms with Crippen LogP contribution in [-0.4, -0.2) is 48.2 Å². The number of amides is 2. The van der Waals surface area contributed by atoms with Gasteiger partial charge in [0.15, 0.2) is 0 Å². The number of urea groups is 1. The first-order valence-corrected chi connectivity index (χ1v) is 7.54. The number of carboxylic acid groups (broad SMARTS) is 1. The molecule has 1 aromatic carbocycles. The number of nitrogens with zero attached hydrogens (tertiary/aromatic N) is 1. The molecule has 114 valence electrons. The Bertz CT molecular complexity index is 542. The van der Waals surface area contributed by atoms with Crippen LogP contribution in [0, 0.1) is 0 Å². The number of hydrogen-bond acceptors (Lipinski definition) is 3. The number of rotatable bonds is 3. The van der Waals surface area contributed by atoms with Gasteiger partial charge in [0.05, 0.1) is 11.3 Å². The van der Waals surface area contributed by atoms with Gasteiger partial charge in [-0.1, -0.05) is 0 Å². The van der Waals surface area contributed by atoms with Gasteiger partial charge in [-0.25, -0.2) is 9.59 Å². The van der Waals surface area contributed by atoms with Crippen LogP contribution in [0.15, 0.2) is 22.7 Å². The van der Waals surface area contributed by atoms with Gasteiger partial charge in [0.25, 0.3) is 0 Å². The maximum absolute atomic E-state index is 12.0. The van der Waals surface area contributed by atoms with Crippen molar-refractivity contribution >= 4 is 33.6 Å². The number of carbonyl (C=O) groups excluding carboxylic acids is 1. The van der Waals surface area contributed by atoms with Gasteiger partial charge in [0, 0.05) is 10.5 Å². The molecule has 2 rings (SSSR count). The van der Waals surface area contributed by atoms with Crippen molar-refractivity contribution in [3.05, 3.63) is 28.2 Å². The van der Waals surface area contributed by atoms with Gasteiger partial charge in [-0.15, -0.1) is 0 Å². The molecule has 1 heterocycles. The SMILES string of the molecule is CN1CCC(NC(=O)Nc2cc(C(=O)O)ccc2Br)CC1. The second-order valence-electron chi connectivity index (χ2n) is 5.18. The second-order valence-corrected chi connectivity index (χ2v) is 6.03. The van der Waals surface area contributed by atoms with Crippen molar-refractivity contribution in [2.75, 3.05) is 25.5 Å². The number of piperidine rings is 1. The summed E-state index contributed by atoms with van der Waals surface area (Å²) in [5.41, 5.74) is 0.577. The topological polar surface area (TPSA) is 81.7 Å². The number of carboxylic acids is 1. The lowest BCUT2D eigenvalue weighted by atomic mass is 10.1. The van der Waals surface area contributed by atoms with Crippen molar-refractivity contribution in [1.82, 2.24) is 10.2 Å². The van der Waals surface area contributed by atoms with E-state index in [0.29, 0.717) is 10.2 Å². The van der Waals surface area contributed by atoms with Gasteiger partial charge in [-0.3, -0.25) is 0 Å². The molecule has 3 N–H and O–H groups in total. The fourth-order valence-electron chi connectivity index (χ4n) is 2.25. The van der Waals surface area contributed by atoms with E-state index in [1.807, 2.05) is 0 Å². The summed E-state index contributed by atoms with van der Waals surface area (Å²) in [7, 11) is 2.06. The van der Waals surface area contributed by atoms with E-state index in [9.17, 15) is 9.59 Å². The number of anilines is 1. The van der Waals surface area contributed by atoms with Crippen LogP contribution in [0.2, 0.25) is 0 Å². The monoisotopic (exact) mass is 355 g/mol. The van der Waals surface area contributed by atoms with Crippen LogP contribution in [0.3, 0.4) is 0 Å². The summed E-state index contributed by atoms with van der Waals surface area (Å²) < 4.78 is 0.644. The van der Waals surface area contributed by atoms with Gasteiger partial charge >= 0.3 is 12.0 Å². The van der Waals surface area contributed by atoms with E-state index in [4.69, 9.17) is 5.11 Å². The normalized spacial score (nSPS) is 16.5. The highest BCUT2D eigenvalue weighted by molar-refractivity contribution is 9.10. The predicted octanol–water partition coefficient (Wildman–Crippen LogP) is 2.36. The minimum Gasteiger partial charge on any atom is -0.478 e. The number of likely N-dealkylation sites (tertiary alicyclic amines) is 1. The summed E-state index contributed by atoms with van der Waals surface area (Å²) >= 11 is 3.30. The van der Waals surface area contributed by atoms with Crippen LogP contribution in [0.5, 0.6) is 0 Å². The Morgan fingerprint density at radius 2 is 2.00 bits per heavy atom. The molecule has 0 saturated carbocycles. The van der Waals surface area contributed by atoms with E-state index in [2.05, 4.69) is 38.5 Å². The number of nitrogens with one attached hydrogen (secondary N) is 2. The van der Waals surface area contributed by atoms with Crippen molar-refractivity contribution in [1.29, 1.82) is 0 Å². The van der Waals surface area contributed by atoms with Crippen LogP contribution in [0.25, 0.3) is 0 Å². The molecule has 0 aromatic heterocycles. The smallest absolute Gasteiger partial charge is 0.335 e. The van der Waals surface area contributed by atoms with E-state index in [-0.39, 0.29) is 17.6 Å². The van der Waals surface area contributed by atoms with Gasteiger partial charge in [0.2, 0.25) is 0 Å². The zero-order valence-corrected chi connectivity index (χ0v) is 13.3. The minimum absolute atomic E-state index is 0.132. The molecule has 0 radical (unpaired) electrons. The molecule has 1 aliphatic heterocycles. The molecule has 0 spiro atoms. The summed E-state index contributed by atoms with van der Waals surface area (Å²) in [6.07, 6.45) is 1.83. The highest BCUT2D eigenvalue weighted by Gasteiger charge is 2.19. The molecule has 0 bridgehead atoms. The van der Waals surface area contributed by atoms with E-state index in [1.165, 1.54) is 12.1 Å². The lowest BCUT2D eigenvalue weighted by Gasteiger charge is -2.29. The Labute approximate surface area is 131 Å². The Hall–Kier alpha value is -1.60. The summed E-state index contributed by atoms with van der Waals surface area (Å²) in [6.45, 7) is 1.92. The number of benzene rings is 1. The minimum atomic E-state index is -1.03. The summed E-state index contributed by atoms with van der Waals surface area (Å²) in [4.78, 5) is 25.2. The molecule has 6 nitrogen and oxygen atoms in total. The Morgan fingerprint density at radius 1 is 1.33 bits per heavy atom. The zero-order valence-electron chi connectivity index (χ0n) is 11.7. The third-order valence-corrected chi connectivity index (χ3v) is 4.21. The first-order chi connectivity index (χ1) is 9.95. The number of carbonyl (C=O) groups is 2. The van der Waals surface area contributed by atoms with Crippen molar-refractivity contribution < 1.29 is 14.7 Å². The lowest BCUT2D eigenvalue weighted by molar-refractivity contribution is 0.0697. The van der Waals surface area contributed by atoms with Crippen molar-refractivity contribution in [2.24, 2.45) is 0 Å². The van der Waals surface area contributed by atoms with Crippen LogP contribution in [-0.2, 0) is 0 Å². The van der Waals surface area contributed by atoms with Crippen molar-refractivity contribution in [2.45, 2.75) is 18.9 Å². The van der Waals surface area contributed by atoms with Gasteiger partial charge < -0.3 is 20.6 Å². The van der Waals surface area contributed by atoms with Crippen LogP contribution >= 0.6 is 15.9 Å². The quantitative estimate of drug-likeness (QED) is 0.777. The molecule has 1 saturated heterocycles. The highest BCUT2D eigenvalue weighted by Crippen LogP contribution is 2.23.